The van der Waals surface area contributed by atoms with Crippen LogP contribution in [0.1, 0.15) is 6.92 Å². The lowest BCUT2D eigenvalue weighted by atomic mass is 10.5. The van der Waals surface area contributed by atoms with Gasteiger partial charge in [0, 0.05) is 13.7 Å². The van der Waals surface area contributed by atoms with Gasteiger partial charge in [0.2, 0.25) is 11.0 Å². The standard InChI is InChI=1S/C8H14N4O2S2/c1-5(6(9)13)15-8-12-11-7(16-8)10-3-4-14-2/h5H,3-4H2,1-2H3,(H2,9,13)(H,10,11)/t5-/m1/s1. The summed E-state index contributed by atoms with van der Waals surface area (Å²) in [7, 11) is 1.64. The molecule has 0 aromatic carbocycles. The maximum Gasteiger partial charge on any atom is 0.230 e. The van der Waals surface area contributed by atoms with E-state index in [2.05, 4.69) is 15.5 Å². The fourth-order valence-corrected chi connectivity index (χ4v) is 2.67. The molecule has 0 aliphatic rings. The van der Waals surface area contributed by atoms with E-state index in [1.165, 1.54) is 23.1 Å². The molecular weight excluding hydrogens is 248 g/mol. The molecule has 0 unspecified atom stereocenters. The lowest BCUT2D eigenvalue weighted by Gasteiger charge is -2.01. The number of amides is 1. The number of hydrogen-bond acceptors (Lipinski definition) is 7. The first-order chi connectivity index (χ1) is 7.63. The molecule has 1 aromatic heterocycles. The molecule has 0 spiro atoms. The summed E-state index contributed by atoms with van der Waals surface area (Å²) in [5.74, 6) is -0.353. The fourth-order valence-electron chi connectivity index (χ4n) is 0.798. The Labute approximate surface area is 102 Å². The van der Waals surface area contributed by atoms with Gasteiger partial charge in [-0.25, -0.2) is 0 Å². The fraction of sp³-hybridized carbons (Fsp3) is 0.625. The minimum Gasteiger partial charge on any atom is -0.383 e. The highest BCUT2D eigenvalue weighted by Crippen LogP contribution is 2.28. The van der Waals surface area contributed by atoms with Crippen molar-refractivity contribution < 1.29 is 9.53 Å². The molecule has 1 rings (SSSR count). The van der Waals surface area contributed by atoms with Crippen molar-refractivity contribution in [3.63, 3.8) is 0 Å². The summed E-state index contributed by atoms with van der Waals surface area (Å²) in [6, 6.07) is 0. The number of ether oxygens (including phenoxy) is 1. The third kappa shape index (κ3) is 4.33. The largest absolute Gasteiger partial charge is 0.383 e. The molecule has 3 N–H and O–H groups in total. The Hall–Kier alpha value is -0.860. The molecular formula is C8H14N4O2S2. The van der Waals surface area contributed by atoms with Crippen LogP contribution in [0.15, 0.2) is 4.34 Å². The van der Waals surface area contributed by atoms with Crippen LogP contribution in [-0.2, 0) is 9.53 Å². The SMILES string of the molecule is COCCNc1nnc(S[C@H](C)C(N)=O)s1. The Bertz CT molecular complexity index is 345. The van der Waals surface area contributed by atoms with Gasteiger partial charge in [0.25, 0.3) is 0 Å². The van der Waals surface area contributed by atoms with Crippen molar-refractivity contribution in [2.24, 2.45) is 5.73 Å². The molecule has 0 radical (unpaired) electrons. The van der Waals surface area contributed by atoms with E-state index < -0.39 is 0 Å². The molecule has 8 heteroatoms. The van der Waals surface area contributed by atoms with Crippen molar-refractivity contribution in [3.8, 4) is 0 Å². The van der Waals surface area contributed by atoms with Gasteiger partial charge in [0.15, 0.2) is 4.34 Å². The first-order valence-electron chi connectivity index (χ1n) is 4.65. The van der Waals surface area contributed by atoms with E-state index in [-0.39, 0.29) is 11.2 Å². The van der Waals surface area contributed by atoms with Gasteiger partial charge in [-0.1, -0.05) is 23.1 Å². The van der Waals surface area contributed by atoms with Crippen LogP contribution in [0.2, 0.25) is 0 Å². The van der Waals surface area contributed by atoms with Crippen molar-refractivity contribution in [3.05, 3.63) is 0 Å². The second-order valence-corrected chi connectivity index (χ2v) is 5.52. The molecule has 0 aliphatic carbocycles. The van der Waals surface area contributed by atoms with Gasteiger partial charge < -0.3 is 15.8 Å². The predicted molar refractivity (Wildman–Crippen MR) is 64.8 cm³/mol. The van der Waals surface area contributed by atoms with E-state index in [1.807, 2.05) is 0 Å². The first-order valence-corrected chi connectivity index (χ1v) is 6.35. The summed E-state index contributed by atoms with van der Waals surface area (Å²) in [5, 5.41) is 11.4. The van der Waals surface area contributed by atoms with E-state index in [1.54, 1.807) is 14.0 Å². The normalized spacial score (nSPS) is 12.4. The number of anilines is 1. The molecule has 0 bridgehead atoms. The number of aromatic nitrogens is 2. The van der Waals surface area contributed by atoms with Crippen molar-refractivity contribution in [2.45, 2.75) is 16.5 Å². The number of nitrogens with two attached hydrogens (primary N) is 1. The van der Waals surface area contributed by atoms with E-state index in [0.29, 0.717) is 13.2 Å². The van der Waals surface area contributed by atoms with Gasteiger partial charge in [-0.2, -0.15) is 0 Å². The van der Waals surface area contributed by atoms with Crippen molar-refractivity contribution in [2.75, 3.05) is 25.6 Å². The molecule has 90 valence electrons. The second kappa shape index (κ2) is 6.66. The number of methoxy groups -OCH3 is 1. The summed E-state index contributed by atoms with van der Waals surface area (Å²) in [4.78, 5) is 10.8. The van der Waals surface area contributed by atoms with E-state index in [9.17, 15) is 4.79 Å². The van der Waals surface area contributed by atoms with Gasteiger partial charge in [0.05, 0.1) is 11.9 Å². The van der Waals surface area contributed by atoms with Crippen molar-refractivity contribution in [1.29, 1.82) is 0 Å². The quantitative estimate of drug-likeness (QED) is 0.551. The lowest BCUT2D eigenvalue weighted by Crippen LogP contribution is -2.22. The zero-order valence-electron chi connectivity index (χ0n) is 9.10. The first kappa shape index (κ1) is 13.2. The average Bonchev–Trinajstić information content (AvgIpc) is 2.66. The topological polar surface area (TPSA) is 90.1 Å². The summed E-state index contributed by atoms with van der Waals surface area (Å²) in [6.07, 6.45) is 0. The van der Waals surface area contributed by atoms with Gasteiger partial charge in [-0.05, 0) is 6.92 Å². The minimum absolute atomic E-state index is 0.292. The number of nitrogens with one attached hydrogen (secondary N) is 1. The Morgan fingerprint density at radius 3 is 3.06 bits per heavy atom. The van der Waals surface area contributed by atoms with E-state index in [4.69, 9.17) is 10.5 Å². The molecule has 1 heterocycles. The highest BCUT2D eigenvalue weighted by atomic mass is 32.2. The van der Waals surface area contributed by atoms with E-state index in [0.717, 1.165) is 9.47 Å². The number of carbonyl (C=O) groups excluding carboxylic acids is 1. The number of rotatable bonds is 7. The van der Waals surface area contributed by atoms with Crippen LogP contribution >= 0.6 is 23.1 Å². The predicted octanol–water partition coefficient (Wildman–Crippen LogP) is 0.562. The van der Waals surface area contributed by atoms with Gasteiger partial charge in [0.1, 0.15) is 0 Å². The van der Waals surface area contributed by atoms with Crippen molar-refractivity contribution in [1.82, 2.24) is 10.2 Å². The van der Waals surface area contributed by atoms with E-state index >= 15 is 0 Å². The van der Waals surface area contributed by atoms with Crippen LogP contribution in [0, 0.1) is 0 Å². The summed E-state index contributed by atoms with van der Waals surface area (Å²) < 4.78 is 5.62. The second-order valence-electron chi connectivity index (χ2n) is 2.96. The Balaban J connectivity index is 2.42. The Morgan fingerprint density at radius 1 is 1.69 bits per heavy atom. The molecule has 1 amide bonds. The van der Waals surface area contributed by atoms with Crippen LogP contribution in [0.4, 0.5) is 5.13 Å². The summed E-state index contributed by atoms with van der Waals surface area (Å²) in [5.41, 5.74) is 5.15. The molecule has 1 aromatic rings. The van der Waals surface area contributed by atoms with Crippen LogP contribution in [0.3, 0.4) is 0 Å². The van der Waals surface area contributed by atoms with Crippen LogP contribution in [0.25, 0.3) is 0 Å². The highest BCUT2D eigenvalue weighted by molar-refractivity contribution is 8.02. The third-order valence-corrected chi connectivity index (χ3v) is 3.75. The zero-order chi connectivity index (χ0) is 12.0. The molecule has 6 nitrogen and oxygen atoms in total. The smallest absolute Gasteiger partial charge is 0.230 e. The Morgan fingerprint density at radius 2 is 2.44 bits per heavy atom. The van der Waals surface area contributed by atoms with Gasteiger partial charge >= 0.3 is 0 Å². The number of nitrogens with zero attached hydrogens (tertiary/aromatic N) is 2. The number of thioether (sulfide) groups is 1. The molecule has 16 heavy (non-hydrogen) atoms. The molecule has 0 aliphatic heterocycles. The zero-order valence-corrected chi connectivity index (χ0v) is 10.7. The van der Waals surface area contributed by atoms with Crippen LogP contribution in [0.5, 0.6) is 0 Å². The van der Waals surface area contributed by atoms with Crippen LogP contribution in [-0.4, -0.2) is 41.6 Å². The monoisotopic (exact) mass is 262 g/mol. The molecule has 0 fully saturated rings. The average molecular weight is 262 g/mol. The van der Waals surface area contributed by atoms with Gasteiger partial charge in [-0.3, -0.25) is 4.79 Å². The lowest BCUT2D eigenvalue weighted by molar-refractivity contribution is -0.117. The molecule has 1 atom stereocenters. The number of primary amides is 1. The van der Waals surface area contributed by atoms with Crippen LogP contribution < -0.4 is 11.1 Å². The van der Waals surface area contributed by atoms with Crippen molar-refractivity contribution >= 4 is 34.1 Å². The summed E-state index contributed by atoms with van der Waals surface area (Å²) in [6.45, 7) is 3.04. The number of hydrogen-bond donors (Lipinski definition) is 2. The third-order valence-electron chi connectivity index (χ3n) is 1.67. The maximum atomic E-state index is 10.8. The molecule has 0 saturated heterocycles. The maximum absolute atomic E-state index is 10.8. The molecule has 0 saturated carbocycles. The number of carbonyl (C=O) groups is 1. The Kier molecular flexibility index (Phi) is 5.50. The highest BCUT2D eigenvalue weighted by Gasteiger charge is 2.13. The minimum atomic E-state index is -0.353. The van der Waals surface area contributed by atoms with Gasteiger partial charge in [-0.15, -0.1) is 10.2 Å². The summed E-state index contributed by atoms with van der Waals surface area (Å²) >= 11 is 2.71.